The quantitative estimate of drug-likeness (QED) is 0.584. The van der Waals surface area contributed by atoms with Gasteiger partial charge in [0.05, 0.1) is 6.61 Å². The maximum Gasteiger partial charge on any atom is 0.0611 e. The van der Waals surface area contributed by atoms with Crippen LogP contribution in [-0.4, -0.2) is 17.3 Å². The lowest BCUT2D eigenvalue weighted by Gasteiger charge is -2.18. The highest BCUT2D eigenvalue weighted by atomic mass is 16.3. The Labute approximate surface area is 63.4 Å². The molecule has 10 heavy (non-hydrogen) atoms. The zero-order valence-corrected chi connectivity index (χ0v) is 7.06. The van der Waals surface area contributed by atoms with Crippen LogP contribution in [0.25, 0.3) is 0 Å². The van der Waals surface area contributed by atoms with Crippen LogP contribution in [0.2, 0.25) is 0 Å². The molecule has 1 saturated carbocycles. The molecule has 1 aliphatic rings. The molecular formula is C8H19NO. The lowest BCUT2D eigenvalue weighted by Crippen LogP contribution is -2.40. The average molecular weight is 145 g/mol. The van der Waals surface area contributed by atoms with Crippen LogP contribution in [0.3, 0.4) is 0 Å². The second kappa shape index (κ2) is 4.69. The fourth-order valence-electron chi connectivity index (χ4n) is 1.24. The zero-order chi connectivity index (χ0) is 8.04. The van der Waals surface area contributed by atoms with Gasteiger partial charge in [-0.1, -0.05) is 26.7 Å². The summed E-state index contributed by atoms with van der Waals surface area (Å²) in [4.78, 5) is 0. The highest BCUT2D eigenvalue weighted by Gasteiger charge is 2.27. The molecule has 0 atom stereocenters. The summed E-state index contributed by atoms with van der Waals surface area (Å²) in [5.74, 6) is 0. The Kier molecular flexibility index (Phi) is 4.65. The van der Waals surface area contributed by atoms with Gasteiger partial charge in [-0.3, -0.25) is 0 Å². The molecule has 1 aliphatic carbocycles. The van der Waals surface area contributed by atoms with E-state index in [1.165, 1.54) is 12.8 Å². The van der Waals surface area contributed by atoms with Gasteiger partial charge in [-0.2, -0.15) is 0 Å². The molecule has 0 spiro atoms. The minimum Gasteiger partial charge on any atom is -0.394 e. The maximum absolute atomic E-state index is 8.70. The van der Waals surface area contributed by atoms with Crippen molar-refractivity contribution in [1.29, 1.82) is 0 Å². The van der Waals surface area contributed by atoms with Gasteiger partial charge in [-0.25, -0.2) is 0 Å². The molecule has 0 aromatic rings. The fourth-order valence-corrected chi connectivity index (χ4v) is 1.24. The van der Waals surface area contributed by atoms with Crippen molar-refractivity contribution in [2.45, 2.75) is 45.1 Å². The van der Waals surface area contributed by atoms with Crippen molar-refractivity contribution in [3.05, 3.63) is 0 Å². The minimum absolute atomic E-state index is 0.160. The van der Waals surface area contributed by atoms with Gasteiger partial charge in [0.25, 0.3) is 0 Å². The first-order chi connectivity index (χ1) is 4.77. The van der Waals surface area contributed by atoms with Crippen LogP contribution in [0.5, 0.6) is 0 Å². The summed E-state index contributed by atoms with van der Waals surface area (Å²) in [5.41, 5.74) is 5.50. The van der Waals surface area contributed by atoms with Gasteiger partial charge in [-0.15, -0.1) is 0 Å². The number of aliphatic hydroxyl groups excluding tert-OH is 1. The second-order valence-electron chi connectivity index (χ2n) is 2.73. The Bertz CT molecular complexity index is 77.3. The molecule has 62 valence electrons. The Morgan fingerprint density at radius 2 is 1.70 bits per heavy atom. The Morgan fingerprint density at radius 1 is 1.30 bits per heavy atom. The number of hydrogen-bond donors (Lipinski definition) is 2. The van der Waals surface area contributed by atoms with Gasteiger partial charge in [-0.05, 0) is 12.8 Å². The first-order valence-corrected chi connectivity index (χ1v) is 4.17. The van der Waals surface area contributed by atoms with Crippen LogP contribution in [-0.2, 0) is 0 Å². The number of nitrogens with two attached hydrogens (primary N) is 1. The van der Waals surface area contributed by atoms with E-state index in [0.717, 1.165) is 12.8 Å². The predicted octanol–water partition coefficient (Wildman–Crippen LogP) is 1.28. The van der Waals surface area contributed by atoms with Crippen molar-refractivity contribution in [2.75, 3.05) is 6.61 Å². The van der Waals surface area contributed by atoms with Crippen molar-refractivity contribution in [3.63, 3.8) is 0 Å². The first-order valence-electron chi connectivity index (χ1n) is 4.17. The normalized spacial score (nSPS) is 21.6. The third-order valence-electron chi connectivity index (χ3n) is 1.91. The van der Waals surface area contributed by atoms with Gasteiger partial charge >= 0.3 is 0 Å². The molecule has 1 rings (SSSR count). The Morgan fingerprint density at radius 3 is 1.90 bits per heavy atom. The summed E-state index contributed by atoms with van der Waals surface area (Å²) in [5, 5.41) is 8.70. The summed E-state index contributed by atoms with van der Waals surface area (Å²) < 4.78 is 0. The van der Waals surface area contributed by atoms with Crippen LogP contribution < -0.4 is 5.73 Å². The predicted molar refractivity (Wildman–Crippen MR) is 43.8 cm³/mol. The molecule has 3 N–H and O–H groups in total. The van der Waals surface area contributed by atoms with Gasteiger partial charge in [0, 0.05) is 5.54 Å². The molecule has 0 unspecified atom stereocenters. The van der Waals surface area contributed by atoms with Crippen molar-refractivity contribution in [1.82, 2.24) is 0 Å². The largest absolute Gasteiger partial charge is 0.394 e. The SMILES string of the molecule is CC.NC1(CO)CCCC1. The second-order valence-corrected chi connectivity index (χ2v) is 2.73. The maximum atomic E-state index is 8.70. The van der Waals surface area contributed by atoms with Crippen LogP contribution in [0.1, 0.15) is 39.5 Å². The van der Waals surface area contributed by atoms with Crippen molar-refractivity contribution < 1.29 is 5.11 Å². The standard InChI is InChI=1S/C6H13NO.C2H6/c7-6(5-8)3-1-2-4-6;1-2/h8H,1-5,7H2;1-2H3. The Hall–Kier alpha value is -0.0800. The van der Waals surface area contributed by atoms with Crippen LogP contribution >= 0.6 is 0 Å². The topological polar surface area (TPSA) is 46.2 Å². The van der Waals surface area contributed by atoms with E-state index >= 15 is 0 Å². The van der Waals surface area contributed by atoms with Gasteiger partial charge in [0.1, 0.15) is 0 Å². The van der Waals surface area contributed by atoms with E-state index < -0.39 is 0 Å². The molecule has 2 nitrogen and oxygen atoms in total. The van der Waals surface area contributed by atoms with E-state index in [2.05, 4.69) is 0 Å². The van der Waals surface area contributed by atoms with E-state index in [9.17, 15) is 0 Å². The first kappa shape index (κ1) is 9.92. The summed E-state index contributed by atoms with van der Waals surface area (Å²) in [6, 6.07) is 0. The molecule has 0 amide bonds. The highest BCUT2D eigenvalue weighted by molar-refractivity contribution is 4.87. The Balaban J connectivity index is 0.000000371. The third kappa shape index (κ3) is 2.67. The molecule has 0 saturated heterocycles. The lowest BCUT2D eigenvalue weighted by atomic mass is 10.0. The molecule has 0 radical (unpaired) electrons. The van der Waals surface area contributed by atoms with E-state index in [1.807, 2.05) is 13.8 Å². The van der Waals surface area contributed by atoms with Crippen molar-refractivity contribution >= 4 is 0 Å². The number of rotatable bonds is 1. The van der Waals surface area contributed by atoms with Gasteiger partial charge in [0.15, 0.2) is 0 Å². The molecular weight excluding hydrogens is 126 g/mol. The summed E-state index contributed by atoms with van der Waals surface area (Å²) in [6.07, 6.45) is 4.39. The lowest BCUT2D eigenvalue weighted by molar-refractivity contribution is 0.199. The third-order valence-corrected chi connectivity index (χ3v) is 1.91. The minimum atomic E-state index is -0.208. The molecule has 2 heteroatoms. The van der Waals surface area contributed by atoms with Crippen LogP contribution in [0, 0.1) is 0 Å². The summed E-state index contributed by atoms with van der Waals surface area (Å²) >= 11 is 0. The van der Waals surface area contributed by atoms with Crippen LogP contribution in [0.15, 0.2) is 0 Å². The van der Waals surface area contributed by atoms with E-state index in [4.69, 9.17) is 10.8 Å². The number of aliphatic hydroxyl groups is 1. The zero-order valence-electron chi connectivity index (χ0n) is 7.06. The summed E-state index contributed by atoms with van der Waals surface area (Å²) in [6.45, 7) is 4.16. The van der Waals surface area contributed by atoms with Crippen LogP contribution in [0.4, 0.5) is 0 Å². The van der Waals surface area contributed by atoms with Gasteiger partial charge < -0.3 is 10.8 Å². The van der Waals surface area contributed by atoms with E-state index in [1.54, 1.807) is 0 Å². The summed E-state index contributed by atoms with van der Waals surface area (Å²) in [7, 11) is 0. The molecule has 0 aliphatic heterocycles. The monoisotopic (exact) mass is 145 g/mol. The smallest absolute Gasteiger partial charge is 0.0611 e. The molecule has 0 aromatic heterocycles. The van der Waals surface area contributed by atoms with Crippen molar-refractivity contribution in [3.8, 4) is 0 Å². The average Bonchev–Trinajstić information content (AvgIpc) is 2.42. The molecule has 0 heterocycles. The van der Waals surface area contributed by atoms with E-state index in [0.29, 0.717) is 0 Å². The van der Waals surface area contributed by atoms with Gasteiger partial charge in [0.2, 0.25) is 0 Å². The number of hydrogen-bond acceptors (Lipinski definition) is 2. The molecule has 0 bridgehead atoms. The highest BCUT2D eigenvalue weighted by Crippen LogP contribution is 2.25. The molecule has 0 aromatic carbocycles. The van der Waals surface area contributed by atoms with Crippen molar-refractivity contribution in [2.24, 2.45) is 5.73 Å². The van der Waals surface area contributed by atoms with E-state index in [-0.39, 0.29) is 12.1 Å². The molecule has 1 fully saturated rings. The fraction of sp³-hybridized carbons (Fsp3) is 1.00.